The van der Waals surface area contributed by atoms with E-state index in [4.69, 9.17) is 4.74 Å². The number of hydrogen-bond donors (Lipinski definition) is 0. The number of hydrogen-bond acceptors (Lipinski definition) is 4. The SMILES string of the molecule is CO[C@@H](C(=O)N1CCCN(S(C)(=O)=O)CC1)C1CC1. The molecule has 2 fully saturated rings. The van der Waals surface area contributed by atoms with Crippen molar-refractivity contribution in [3.05, 3.63) is 0 Å². The van der Waals surface area contributed by atoms with E-state index >= 15 is 0 Å². The standard InChI is InChI=1S/C12H22N2O4S/c1-18-11(10-4-5-10)12(15)13-6-3-7-14(9-8-13)19(2,16)17/h10-11H,3-9H2,1-2H3/t11-/m1/s1. The van der Waals surface area contributed by atoms with Crippen LogP contribution >= 0.6 is 0 Å². The number of ether oxygens (including phenoxy) is 1. The molecule has 0 bridgehead atoms. The van der Waals surface area contributed by atoms with Gasteiger partial charge in [-0.1, -0.05) is 0 Å². The van der Waals surface area contributed by atoms with Crippen LogP contribution in [0.3, 0.4) is 0 Å². The third-order valence-electron chi connectivity index (χ3n) is 3.78. The molecular formula is C12H22N2O4S. The molecule has 2 aliphatic rings. The average Bonchev–Trinajstić information content (AvgIpc) is 3.14. The van der Waals surface area contributed by atoms with Gasteiger partial charge in [0.15, 0.2) is 0 Å². The normalized spacial score (nSPS) is 24.0. The van der Waals surface area contributed by atoms with Crippen molar-refractivity contribution < 1.29 is 17.9 Å². The molecule has 1 saturated carbocycles. The molecule has 1 aliphatic carbocycles. The zero-order valence-electron chi connectivity index (χ0n) is 11.5. The summed E-state index contributed by atoms with van der Waals surface area (Å²) in [5.74, 6) is 0.368. The van der Waals surface area contributed by atoms with Crippen LogP contribution in [-0.2, 0) is 19.6 Å². The Balaban J connectivity index is 1.96. The van der Waals surface area contributed by atoms with Gasteiger partial charge in [-0.25, -0.2) is 12.7 Å². The van der Waals surface area contributed by atoms with E-state index in [1.165, 1.54) is 10.6 Å². The predicted octanol–water partition coefficient (Wildman–Crippen LogP) is -0.0947. The van der Waals surface area contributed by atoms with Crippen LogP contribution in [0, 0.1) is 5.92 Å². The predicted molar refractivity (Wildman–Crippen MR) is 71.1 cm³/mol. The minimum absolute atomic E-state index is 0.0142. The van der Waals surface area contributed by atoms with E-state index in [-0.39, 0.29) is 12.0 Å². The minimum Gasteiger partial charge on any atom is -0.371 e. The summed E-state index contributed by atoms with van der Waals surface area (Å²) < 4.78 is 29.8. The maximum atomic E-state index is 12.4. The molecule has 1 aliphatic heterocycles. The van der Waals surface area contributed by atoms with Gasteiger partial charge < -0.3 is 9.64 Å². The maximum Gasteiger partial charge on any atom is 0.252 e. The highest BCUT2D eigenvalue weighted by atomic mass is 32.2. The molecule has 0 spiro atoms. The summed E-state index contributed by atoms with van der Waals surface area (Å²) in [4.78, 5) is 14.1. The number of sulfonamides is 1. The summed E-state index contributed by atoms with van der Waals surface area (Å²) in [5.41, 5.74) is 0. The lowest BCUT2D eigenvalue weighted by Crippen LogP contribution is -2.43. The van der Waals surface area contributed by atoms with Crippen molar-refractivity contribution in [2.45, 2.75) is 25.4 Å². The van der Waals surface area contributed by atoms with E-state index < -0.39 is 10.0 Å². The third-order valence-corrected chi connectivity index (χ3v) is 5.09. The molecule has 19 heavy (non-hydrogen) atoms. The molecule has 1 atom stereocenters. The fourth-order valence-electron chi connectivity index (χ4n) is 2.52. The topological polar surface area (TPSA) is 66.9 Å². The highest BCUT2D eigenvalue weighted by Crippen LogP contribution is 2.35. The first-order chi connectivity index (χ1) is 8.93. The van der Waals surface area contributed by atoms with Crippen LogP contribution in [0.5, 0.6) is 0 Å². The van der Waals surface area contributed by atoms with Gasteiger partial charge in [-0.2, -0.15) is 0 Å². The average molecular weight is 290 g/mol. The Kier molecular flexibility index (Phi) is 4.47. The van der Waals surface area contributed by atoms with Gasteiger partial charge in [-0.15, -0.1) is 0 Å². The molecule has 110 valence electrons. The Morgan fingerprint density at radius 1 is 1.21 bits per heavy atom. The van der Waals surface area contributed by atoms with Gasteiger partial charge >= 0.3 is 0 Å². The minimum atomic E-state index is -3.16. The molecule has 0 aromatic carbocycles. The second-order valence-corrected chi connectivity index (χ2v) is 7.32. The van der Waals surface area contributed by atoms with Crippen molar-refractivity contribution in [1.82, 2.24) is 9.21 Å². The van der Waals surface area contributed by atoms with Crippen LogP contribution < -0.4 is 0 Å². The van der Waals surface area contributed by atoms with Gasteiger partial charge in [-0.05, 0) is 25.2 Å². The fraction of sp³-hybridized carbons (Fsp3) is 0.917. The number of rotatable bonds is 4. The Labute approximate surface area is 114 Å². The van der Waals surface area contributed by atoms with Gasteiger partial charge in [0.1, 0.15) is 6.10 Å². The first kappa shape index (κ1) is 14.7. The molecule has 1 saturated heterocycles. The number of carbonyl (C=O) groups excluding carboxylic acids is 1. The van der Waals surface area contributed by atoms with Crippen LogP contribution in [0.4, 0.5) is 0 Å². The Hall–Kier alpha value is -0.660. The van der Waals surface area contributed by atoms with E-state index in [9.17, 15) is 13.2 Å². The zero-order chi connectivity index (χ0) is 14.0. The fourth-order valence-corrected chi connectivity index (χ4v) is 3.39. The molecule has 2 rings (SSSR count). The summed E-state index contributed by atoms with van der Waals surface area (Å²) in [5, 5.41) is 0. The molecule has 0 N–H and O–H groups in total. The lowest BCUT2D eigenvalue weighted by atomic mass is 10.2. The summed E-state index contributed by atoms with van der Waals surface area (Å²) in [6.07, 6.45) is 3.65. The lowest BCUT2D eigenvalue weighted by Gasteiger charge is -2.25. The van der Waals surface area contributed by atoms with Crippen LogP contribution in [0.15, 0.2) is 0 Å². The van der Waals surface area contributed by atoms with Gasteiger partial charge in [0, 0.05) is 33.3 Å². The van der Waals surface area contributed by atoms with Crippen LogP contribution in [-0.4, -0.2) is 69.2 Å². The smallest absolute Gasteiger partial charge is 0.252 e. The van der Waals surface area contributed by atoms with E-state index in [2.05, 4.69) is 0 Å². The zero-order valence-corrected chi connectivity index (χ0v) is 12.4. The largest absolute Gasteiger partial charge is 0.371 e. The van der Waals surface area contributed by atoms with E-state index in [1.807, 2.05) is 0 Å². The molecule has 0 aromatic heterocycles. The van der Waals surface area contributed by atoms with Crippen LogP contribution in [0.2, 0.25) is 0 Å². The van der Waals surface area contributed by atoms with Gasteiger partial charge in [0.2, 0.25) is 10.0 Å². The van der Waals surface area contributed by atoms with Crippen molar-refractivity contribution in [1.29, 1.82) is 0 Å². The van der Waals surface area contributed by atoms with E-state index in [0.29, 0.717) is 38.5 Å². The van der Waals surface area contributed by atoms with Crippen molar-refractivity contribution in [2.24, 2.45) is 5.92 Å². The van der Waals surface area contributed by atoms with Crippen molar-refractivity contribution in [3.63, 3.8) is 0 Å². The highest BCUT2D eigenvalue weighted by Gasteiger charge is 2.39. The number of nitrogens with zero attached hydrogens (tertiary/aromatic N) is 2. The molecule has 0 unspecified atom stereocenters. The molecule has 7 heteroatoms. The Bertz CT molecular complexity index is 433. The van der Waals surface area contributed by atoms with Crippen LogP contribution in [0.1, 0.15) is 19.3 Å². The third kappa shape index (κ3) is 3.67. The van der Waals surface area contributed by atoms with Gasteiger partial charge in [0.05, 0.1) is 6.26 Å². The van der Waals surface area contributed by atoms with E-state index in [0.717, 1.165) is 12.8 Å². The number of carbonyl (C=O) groups is 1. The lowest BCUT2D eigenvalue weighted by molar-refractivity contribution is -0.143. The second-order valence-electron chi connectivity index (χ2n) is 5.33. The summed E-state index contributed by atoms with van der Waals surface area (Å²) in [6, 6.07) is 0. The maximum absolute atomic E-state index is 12.4. The first-order valence-corrected chi connectivity index (χ1v) is 8.55. The second kappa shape index (κ2) is 5.76. The molecule has 1 amide bonds. The molecule has 6 nitrogen and oxygen atoms in total. The van der Waals surface area contributed by atoms with Gasteiger partial charge in [-0.3, -0.25) is 4.79 Å². The molecular weight excluding hydrogens is 268 g/mol. The quantitative estimate of drug-likeness (QED) is 0.725. The monoisotopic (exact) mass is 290 g/mol. The molecule has 1 heterocycles. The van der Waals surface area contributed by atoms with Crippen molar-refractivity contribution in [3.8, 4) is 0 Å². The van der Waals surface area contributed by atoms with Crippen molar-refractivity contribution in [2.75, 3.05) is 39.5 Å². The van der Waals surface area contributed by atoms with Crippen LogP contribution in [0.25, 0.3) is 0 Å². The Morgan fingerprint density at radius 3 is 2.42 bits per heavy atom. The Morgan fingerprint density at radius 2 is 1.89 bits per heavy atom. The number of amides is 1. The summed E-state index contributed by atoms with van der Waals surface area (Å²) in [7, 11) is -1.59. The summed E-state index contributed by atoms with van der Waals surface area (Å²) in [6.45, 7) is 1.94. The molecule has 0 radical (unpaired) electrons. The van der Waals surface area contributed by atoms with E-state index in [1.54, 1.807) is 12.0 Å². The molecule has 0 aromatic rings. The number of methoxy groups -OCH3 is 1. The summed E-state index contributed by atoms with van der Waals surface area (Å²) >= 11 is 0. The first-order valence-electron chi connectivity index (χ1n) is 6.70. The van der Waals surface area contributed by atoms with Gasteiger partial charge in [0.25, 0.3) is 5.91 Å². The highest BCUT2D eigenvalue weighted by molar-refractivity contribution is 7.88. The van der Waals surface area contributed by atoms with Crippen molar-refractivity contribution >= 4 is 15.9 Å².